The molecular formula is C14H19ClN2. The summed E-state index contributed by atoms with van der Waals surface area (Å²) in [5.74, 6) is 0.870. The van der Waals surface area contributed by atoms with Crippen molar-refractivity contribution in [2.45, 2.75) is 38.1 Å². The zero-order chi connectivity index (χ0) is 11.9. The van der Waals surface area contributed by atoms with Gasteiger partial charge in [0, 0.05) is 6.54 Å². The van der Waals surface area contributed by atoms with E-state index in [1.165, 1.54) is 25.7 Å². The summed E-state index contributed by atoms with van der Waals surface area (Å²) >= 11 is 6.27. The predicted molar refractivity (Wildman–Crippen MR) is 73.9 cm³/mol. The molecule has 1 aromatic carbocycles. The van der Waals surface area contributed by atoms with Crippen molar-refractivity contribution in [3.05, 3.63) is 23.2 Å². The molecule has 2 nitrogen and oxygen atoms in total. The smallest absolute Gasteiger partial charge is 0.0770 e. The fourth-order valence-corrected chi connectivity index (χ4v) is 3.21. The molecule has 1 aliphatic carbocycles. The topological polar surface area (TPSA) is 24.1 Å². The Hall–Kier alpha value is -0.890. The molecule has 3 heteroatoms. The first-order chi connectivity index (χ1) is 8.19. The minimum atomic E-state index is 0.227. The summed E-state index contributed by atoms with van der Waals surface area (Å²) in [6.45, 7) is 3.37. The Morgan fingerprint density at radius 3 is 2.82 bits per heavy atom. The van der Waals surface area contributed by atoms with Crippen LogP contribution in [-0.2, 0) is 0 Å². The molecule has 3 rings (SSSR count). The van der Waals surface area contributed by atoms with Crippen LogP contribution >= 0.6 is 11.6 Å². The number of fused-ring (bicyclic) bond motifs is 1. The third kappa shape index (κ3) is 1.99. The van der Waals surface area contributed by atoms with Gasteiger partial charge in [0.2, 0.25) is 0 Å². The van der Waals surface area contributed by atoms with Crippen LogP contribution in [0.15, 0.2) is 18.2 Å². The van der Waals surface area contributed by atoms with E-state index in [1.54, 1.807) is 0 Å². The van der Waals surface area contributed by atoms with Gasteiger partial charge in [0.25, 0.3) is 0 Å². The van der Waals surface area contributed by atoms with Crippen molar-refractivity contribution < 1.29 is 0 Å². The summed E-state index contributed by atoms with van der Waals surface area (Å²) in [4.78, 5) is 0. The van der Waals surface area contributed by atoms with Crippen LogP contribution in [0.2, 0.25) is 5.02 Å². The molecule has 2 aliphatic rings. The molecule has 17 heavy (non-hydrogen) atoms. The van der Waals surface area contributed by atoms with E-state index in [1.807, 2.05) is 12.1 Å². The zero-order valence-corrected chi connectivity index (χ0v) is 11.0. The Kier molecular flexibility index (Phi) is 2.70. The summed E-state index contributed by atoms with van der Waals surface area (Å²) in [6, 6.07) is 6.04. The number of para-hydroxylation sites is 1. The molecule has 1 saturated carbocycles. The SMILES string of the molecule is CC1CCC2(CC1)CNc1cccc(Cl)c1N2. The molecule has 0 aromatic heterocycles. The number of rotatable bonds is 0. The van der Waals surface area contributed by atoms with Crippen LogP contribution in [0, 0.1) is 5.92 Å². The predicted octanol–water partition coefficient (Wildman–Crippen LogP) is 4.13. The zero-order valence-electron chi connectivity index (χ0n) is 10.2. The molecule has 2 N–H and O–H groups in total. The molecule has 0 amide bonds. The van der Waals surface area contributed by atoms with Crippen LogP contribution in [0.5, 0.6) is 0 Å². The molecule has 1 aromatic rings. The standard InChI is InChI=1S/C14H19ClN2/c1-10-5-7-14(8-6-10)9-16-12-4-2-3-11(15)13(12)17-14/h2-4,10,16-17H,5-9H2,1H3. The van der Waals surface area contributed by atoms with E-state index in [4.69, 9.17) is 11.6 Å². The Labute approximate surface area is 108 Å². The molecule has 1 aliphatic heterocycles. The van der Waals surface area contributed by atoms with Crippen LogP contribution in [0.1, 0.15) is 32.6 Å². The summed E-state index contributed by atoms with van der Waals surface area (Å²) in [5, 5.41) is 8.07. The van der Waals surface area contributed by atoms with Gasteiger partial charge in [-0.15, -0.1) is 0 Å². The lowest BCUT2D eigenvalue weighted by atomic mass is 9.76. The molecule has 1 spiro atoms. The third-order valence-electron chi connectivity index (χ3n) is 4.25. The molecule has 0 atom stereocenters. The van der Waals surface area contributed by atoms with Crippen molar-refractivity contribution >= 4 is 23.0 Å². The average molecular weight is 251 g/mol. The monoisotopic (exact) mass is 250 g/mol. The fourth-order valence-electron chi connectivity index (χ4n) is 2.99. The molecule has 92 valence electrons. The largest absolute Gasteiger partial charge is 0.381 e. The van der Waals surface area contributed by atoms with Crippen molar-refractivity contribution in [3.8, 4) is 0 Å². The number of halogens is 1. The summed E-state index contributed by atoms with van der Waals surface area (Å²) in [6.07, 6.45) is 5.11. The van der Waals surface area contributed by atoms with E-state index >= 15 is 0 Å². The lowest BCUT2D eigenvalue weighted by Gasteiger charge is -2.45. The lowest BCUT2D eigenvalue weighted by molar-refractivity contribution is 0.274. The molecule has 0 saturated heterocycles. The van der Waals surface area contributed by atoms with E-state index in [-0.39, 0.29) is 5.54 Å². The molecule has 0 radical (unpaired) electrons. The van der Waals surface area contributed by atoms with Crippen LogP contribution in [0.25, 0.3) is 0 Å². The second-order valence-corrected chi connectivity index (χ2v) is 6.01. The summed E-state index contributed by atoms with van der Waals surface area (Å²) in [7, 11) is 0. The highest BCUT2D eigenvalue weighted by molar-refractivity contribution is 6.34. The third-order valence-corrected chi connectivity index (χ3v) is 4.57. The molecule has 1 fully saturated rings. The minimum absolute atomic E-state index is 0.227. The molecule has 0 bridgehead atoms. The van der Waals surface area contributed by atoms with Gasteiger partial charge in [-0.3, -0.25) is 0 Å². The van der Waals surface area contributed by atoms with Gasteiger partial charge in [-0.25, -0.2) is 0 Å². The highest BCUT2D eigenvalue weighted by atomic mass is 35.5. The van der Waals surface area contributed by atoms with Crippen molar-refractivity contribution in [1.29, 1.82) is 0 Å². The first-order valence-electron chi connectivity index (χ1n) is 6.49. The number of nitrogens with one attached hydrogen (secondary N) is 2. The van der Waals surface area contributed by atoms with E-state index in [0.29, 0.717) is 0 Å². The van der Waals surface area contributed by atoms with Gasteiger partial charge in [0.1, 0.15) is 0 Å². The first-order valence-corrected chi connectivity index (χ1v) is 6.87. The average Bonchev–Trinajstić information content (AvgIpc) is 2.35. The van der Waals surface area contributed by atoms with Gasteiger partial charge in [-0.05, 0) is 43.7 Å². The van der Waals surface area contributed by atoms with Crippen LogP contribution in [-0.4, -0.2) is 12.1 Å². The van der Waals surface area contributed by atoms with Gasteiger partial charge >= 0.3 is 0 Å². The summed E-state index contributed by atoms with van der Waals surface area (Å²) < 4.78 is 0. The van der Waals surface area contributed by atoms with Crippen LogP contribution < -0.4 is 10.6 Å². The Balaban J connectivity index is 1.87. The van der Waals surface area contributed by atoms with Gasteiger partial charge in [0.05, 0.1) is 21.9 Å². The van der Waals surface area contributed by atoms with Crippen molar-refractivity contribution in [1.82, 2.24) is 0 Å². The number of anilines is 2. The molecule has 1 heterocycles. The minimum Gasteiger partial charge on any atom is -0.381 e. The van der Waals surface area contributed by atoms with Gasteiger partial charge < -0.3 is 10.6 Å². The van der Waals surface area contributed by atoms with E-state index < -0.39 is 0 Å². The van der Waals surface area contributed by atoms with E-state index in [9.17, 15) is 0 Å². The maximum atomic E-state index is 6.27. The van der Waals surface area contributed by atoms with Crippen molar-refractivity contribution in [2.75, 3.05) is 17.2 Å². The second-order valence-electron chi connectivity index (χ2n) is 5.60. The highest BCUT2D eigenvalue weighted by Gasteiger charge is 2.37. The first kappa shape index (κ1) is 11.2. The van der Waals surface area contributed by atoms with Gasteiger partial charge in [0.15, 0.2) is 0 Å². The quantitative estimate of drug-likeness (QED) is 0.724. The number of hydrogen-bond donors (Lipinski definition) is 2. The van der Waals surface area contributed by atoms with E-state index in [2.05, 4.69) is 23.6 Å². The highest BCUT2D eigenvalue weighted by Crippen LogP contribution is 2.42. The fraction of sp³-hybridized carbons (Fsp3) is 0.571. The Bertz CT molecular complexity index is 422. The van der Waals surface area contributed by atoms with Gasteiger partial charge in [-0.2, -0.15) is 0 Å². The van der Waals surface area contributed by atoms with Crippen molar-refractivity contribution in [2.24, 2.45) is 5.92 Å². The van der Waals surface area contributed by atoms with Crippen molar-refractivity contribution in [3.63, 3.8) is 0 Å². The molecular weight excluding hydrogens is 232 g/mol. The van der Waals surface area contributed by atoms with Crippen LogP contribution in [0.4, 0.5) is 11.4 Å². The Morgan fingerprint density at radius 2 is 2.06 bits per heavy atom. The van der Waals surface area contributed by atoms with Crippen LogP contribution in [0.3, 0.4) is 0 Å². The molecule has 0 unspecified atom stereocenters. The summed E-state index contributed by atoms with van der Waals surface area (Å²) in [5.41, 5.74) is 2.46. The Morgan fingerprint density at radius 1 is 1.29 bits per heavy atom. The maximum Gasteiger partial charge on any atom is 0.0770 e. The normalized spacial score (nSPS) is 31.5. The number of hydrogen-bond acceptors (Lipinski definition) is 2. The maximum absolute atomic E-state index is 6.27. The lowest BCUT2D eigenvalue weighted by Crippen LogP contribution is -2.50. The van der Waals surface area contributed by atoms with E-state index in [0.717, 1.165) is 28.9 Å². The second kappa shape index (κ2) is 4.09. The number of benzene rings is 1. The van der Waals surface area contributed by atoms with Gasteiger partial charge in [-0.1, -0.05) is 24.6 Å².